The molecule has 6 heteroatoms. The van der Waals surface area contributed by atoms with Gasteiger partial charge in [-0.25, -0.2) is 0 Å². The third-order valence-corrected chi connectivity index (χ3v) is 6.11. The van der Waals surface area contributed by atoms with Gasteiger partial charge in [-0.2, -0.15) is 0 Å². The molecule has 190 valence electrons. The van der Waals surface area contributed by atoms with Crippen molar-refractivity contribution in [1.82, 2.24) is 0 Å². The zero-order valence-corrected chi connectivity index (χ0v) is 22.7. The first-order chi connectivity index (χ1) is 17.3. The maximum atomic E-state index is 12.6. The van der Waals surface area contributed by atoms with Crippen LogP contribution in [0.1, 0.15) is 49.8 Å². The minimum Gasteiger partial charge on any atom is -0.490 e. The summed E-state index contributed by atoms with van der Waals surface area (Å²) < 4.78 is 18.7. The third kappa shape index (κ3) is 8.83. The zero-order valence-electron chi connectivity index (χ0n) is 21.1. The molecule has 0 aliphatic heterocycles. The Labute approximate surface area is 221 Å². The fourth-order valence-corrected chi connectivity index (χ4v) is 4.04. The summed E-state index contributed by atoms with van der Waals surface area (Å²) in [6, 6.07) is 21.5. The van der Waals surface area contributed by atoms with Crippen LogP contribution in [0.15, 0.2) is 71.2 Å². The molecule has 0 saturated heterocycles. The molecule has 0 N–H and O–H groups in total. The van der Waals surface area contributed by atoms with E-state index in [1.807, 2.05) is 80.6 Å². The van der Waals surface area contributed by atoms with Crippen molar-refractivity contribution in [2.24, 2.45) is 0 Å². The average molecular weight is 553 g/mol. The van der Waals surface area contributed by atoms with Gasteiger partial charge in [-0.15, -0.1) is 0 Å². The number of hydrogen-bond donors (Lipinski definition) is 0. The number of hydrogen-bond acceptors (Lipinski definition) is 5. The molecule has 0 spiro atoms. The predicted molar refractivity (Wildman–Crippen MR) is 145 cm³/mol. The number of benzene rings is 3. The fraction of sp³-hybridized carbons (Fsp3) is 0.333. The summed E-state index contributed by atoms with van der Waals surface area (Å²) >= 11 is 3.41. The summed E-state index contributed by atoms with van der Waals surface area (Å²) in [7, 11) is 1.58. The molecule has 0 aromatic heterocycles. The van der Waals surface area contributed by atoms with Crippen LogP contribution in [-0.2, 0) is 29.0 Å². The highest BCUT2D eigenvalue weighted by molar-refractivity contribution is 9.10. The maximum Gasteiger partial charge on any atom is 0.203 e. The lowest BCUT2D eigenvalue weighted by Crippen LogP contribution is -2.10. The fourth-order valence-electron chi connectivity index (χ4n) is 3.78. The van der Waals surface area contributed by atoms with Crippen molar-refractivity contribution in [2.45, 2.75) is 58.7 Å². The molecular weight excluding hydrogens is 520 g/mol. The molecule has 0 unspecified atom stereocenters. The standard InChI is InChI=1S/C30H33BrO5/c1-21(2)36-29-18-24(17-28(30(29)34-3)35-20-23-7-5-4-6-8-23)12-16-27(33)19-26(32)15-11-22-9-13-25(31)14-10-22/h4-10,13-14,17-18,21H,11-12,15-16,19-20H2,1-3H3. The van der Waals surface area contributed by atoms with Gasteiger partial charge in [-0.3, -0.25) is 9.59 Å². The Morgan fingerprint density at radius 2 is 1.42 bits per heavy atom. The first-order valence-corrected chi connectivity index (χ1v) is 13.0. The normalized spacial score (nSPS) is 10.8. The molecule has 0 atom stereocenters. The van der Waals surface area contributed by atoms with Crippen LogP contribution in [0.5, 0.6) is 17.2 Å². The van der Waals surface area contributed by atoms with E-state index in [4.69, 9.17) is 14.2 Å². The van der Waals surface area contributed by atoms with E-state index in [0.29, 0.717) is 43.1 Å². The van der Waals surface area contributed by atoms with Crippen molar-refractivity contribution in [1.29, 1.82) is 0 Å². The van der Waals surface area contributed by atoms with Crippen LogP contribution in [0.3, 0.4) is 0 Å². The summed E-state index contributed by atoms with van der Waals surface area (Å²) in [4.78, 5) is 24.9. The van der Waals surface area contributed by atoms with Crippen LogP contribution in [0.25, 0.3) is 0 Å². The number of aryl methyl sites for hydroxylation is 2. The van der Waals surface area contributed by atoms with Crippen molar-refractivity contribution in [3.8, 4) is 17.2 Å². The van der Waals surface area contributed by atoms with E-state index < -0.39 is 0 Å². The molecular formula is C30H33BrO5. The second-order valence-electron chi connectivity index (χ2n) is 8.95. The van der Waals surface area contributed by atoms with Gasteiger partial charge in [0.1, 0.15) is 18.2 Å². The van der Waals surface area contributed by atoms with E-state index in [2.05, 4.69) is 15.9 Å². The highest BCUT2D eigenvalue weighted by Crippen LogP contribution is 2.40. The molecule has 5 nitrogen and oxygen atoms in total. The lowest BCUT2D eigenvalue weighted by Gasteiger charge is -2.19. The Morgan fingerprint density at radius 1 is 0.806 bits per heavy atom. The molecule has 0 bridgehead atoms. The van der Waals surface area contributed by atoms with Crippen LogP contribution < -0.4 is 14.2 Å². The smallest absolute Gasteiger partial charge is 0.203 e. The summed E-state index contributed by atoms with van der Waals surface area (Å²) in [6.45, 7) is 4.27. The van der Waals surface area contributed by atoms with Gasteiger partial charge in [0.2, 0.25) is 5.75 Å². The molecule has 0 amide bonds. The van der Waals surface area contributed by atoms with Crippen molar-refractivity contribution in [3.63, 3.8) is 0 Å². The number of carbonyl (C=O) groups excluding carboxylic acids is 2. The second-order valence-corrected chi connectivity index (χ2v) is 9.86. The SMILES string of the molecule is COc1c(OCc2ccccc2)cc(CCC(=O)CC(=O)CCc2ccc(Br)cc2)cc1OC(C)C. The molecule has 0 heterocycles. The summed E-state index contributed by atoms with van der Waals surface area (Å²) in [6.07, 6.45) is 1.66. The Balaban J connectivity index is 1.62. The quantitative estimate of drug-likeness (QED) is 0.203. The molecule has 0 fully saturated rings. The number of ether oxygens (including phenoxy) is 3. The van der Waals surface area contributed by atoms with Gasteiger partial charge in [0.15, 0.2) is 11.5 Å². The molecule has 0 aliphatic carbocycles. The summed E-state index contributed by atoms with van der Waals surface area (Å²) in [5.74, 6) is 1.56. The molecule has 0 aliphatic rings. The minimum atomic E-state index is -0.0651. The molecule has 3 aromatic carbocycles. The van der Waals surface area contributed by atoms with Crippen LogP contribution in [0.4, 0.5) is 0 Å². The Hall–Kier alpha value is -3.12. The van der Waals surface area contributed by atoms with E-state index in [1.165, 1.54) is 0 Å². The summed E-state index contributed by atoms with van der Waals surface area (Å²) in [5, 5.41) is 0. The van der Waals surface area contributed by atoms with Gasteiger partial charge in [-0.1, -0.05) is 58.4 Å². The van der Waals surface area contributed by atoms with Gasteiger partial charge >= 0.3 is 0 Å². The average Bonchev–Trinajstić information content (AvgIpc) is 2.86. The van der Waals surface area contributed by atoms with Crippen LogP contribution >= 0.6 is 15.9 Å². The number of Topliss-reactive ketones (excluding diaryl/α,β-unsaturated/α-hetero) is 2. The van der Waals surface area contributed by atoms with E-state index in [0.717, 1.165) is 21.2 Å². The molecule has 0 saturated carbocycles. The largest absolute Gasteiger partial charge is 0.490 e. The molecule has 3 rings (SSSR count). The molecule has 0 radical (unpaired) electrons. The first-order valence-electron chi connectivity index (χ1n) is 12.2. The van der Waals surface area contributed by atoms with Gasteiger partial charge in [0.25, 0.3) is 0 Å². The Kier molecular flexibility index (Phi) is 10.6. The van der Waals surface area contributed by atoms with Gasteiger partial charge < -0.3 is 14.2 Å². The highest BCUT2D eigenvalue weighted by atomic mass is 79.9. The van der Waals surface area contributed by atoms with Crippen molar-refractivity contribution in [3.05, 3.63) is 87.9 Å². The Bertz CT molecular complexity index is 1140. The van der Waals surface area contributed by atoms with Crippen LogP contribution in [-0.4, -0.2) is 24.8 Å². The van der Waals surface area contributed by atoms with Crippen LogP contribution in [0.2, 0.25) is 0 Å². The van der Waals surface area contributed by atoms with Gasteiger partial charge in [0, 0.05) is 17.3 Å². The molecule has 36 heavy (non-hydrogen) atoms. The topological polar surface area (TPSA) is 61.8 Å². The number of methoxy groups -OCH3 is 1. The second kappa shape index (κ2) is 13.8. The van der Waals surface area contributed by atoms with Gasteiger partial charge in [-0.05, 0) is 67.6 Å². The van der Waals surface area contributed by atoms with Crippen molar-refractivity contribution in [2.75, 3.05) is 7.11 Å². The lowest BCUT2D eigenvalue weighted by atomic mass is 10.0. The van der Waals surface area contributed by atoms with Gasteiger partial charge in [0.05, 0.1) is 19.6 Å². The summed E-state index contributed by atoms with van der Waals surface area (Å²) in [5.41, 5.74) is 3.01. The van der Waals surface area contributed by atoms with E-state index >= 15 is 0 Å². The van der Waals surface area contributed by atoms with Crippen LogP contribution in [0, 0.1) is 0 Å². The predicted octanol–water partition coefficient (Wildman–Crippen LogP) is 6.92. The van der Waals surface area contributed by atoms with E-state index in [-0.39, 0.29) is 30.5 Å². The number of carbonyl (C=O) groups is 2. The maximum absolute atomic E-state index is 12.6. The number of rotatable bonds is 14. The number of ketones is 2. The highest BCUT2D eigenvalue weighted by Gasteiger charge is 2.17. The minimum absolute atomic E-state index is 0.0339. The lowest BCUT2D eigenvalue weighted by molar-refractivity contribution is -0.126. The third-order valence-electron chi connectivity index (χ3n) is 5.58. The number of halogens is 1. The first kappa shape index (κ1) is 27.5. The Morgan fingerprint density at radius 3 is 2.03 bits per heavy atom. The van der Waals surface area contributed by atoms with Crippen molar-refractivity contribution < 1.29 is 23.8 Å². The van der Waals surface area contributed by atoms with Crippen molar-refractivity contribution >= 4 is 27.5 Å². The zero-order chi connectivity index (χ0) is 25.9. The van der Waals surface area contributed by atoms with E-state index in [1.54, 1.807) is 7.11 Å². The van der Waals surface area contributed by atoms with E-state index in [9.17, 15) is 9.59 Å². The molecule has 3 aromatic rings. The monoisotopic (exact) mass is 552 g/mol.